The van der Waals surface area contributed by atoms with Crippen LogP contribution in [-0.4, -0.2) is 10.9 Å². The molecule has 1 amide bonds. The van der Waals surface area contributed by atoms with Crippen LogP contribution in [0, 0.1) is 6.92 Å². The molecule has 0 atom stereocenters. The van der Waals surface area contributed by atoms with Crippen molar-refractivity contribution in [1.82, 2.24) is 4.98 Å². The van der Waals surface area contributed by atoms with Gasteiger partial charge in [-0.3, -0.25) is 9.78 Å². The lowest BCUT2D eigenvalue weighted by atomic mass is 10.2. The molecule has 0 aliphatic carbocycles. The second-order valence-electron chi connectivity index (χ2n) is 3.63. The smallest absolute Gasteiger partial charge is 0.257 e. The molecule has 0 aliphatic rings. The van der Waals surface area contributed by atoms with Crippen molar-refractivity contribution in [2.75, 3.05) is 5.32 Å². The van der Waals surface area contributed by atoms with Gasteiger partial charge in [0.05, 0.1) is 10.6 Å². The van der Waals surface area contributed by atoms with Crippen LogP contribution in [0.2, 0.25) is 5.02 Å². The average Bonchev–Trinajstić information content (AvgIpc) is 2.33. The number of carbonyl (C=O) groups excluding carboxylic acids is 1. The summed E-state index contributed by atoms with van der Waals surface area (Å²) in [6, 6.07) is 10.9. The van der Waals surface area contributed by atoms with Gasteiger partial charge in [-0.05, 0) is 25.1 Å². The van der Waals surface area contributed by atoms with Crippen molar-refractivity contribution < 1.29 is 4.79 Å². The van der Waals surface area contributed by atoms with Crippen molar-refractivity contribution in [1.29, 1.82) is 0 Å². The molecule has 0 spiro atoms. The number of aryl methyl sites for hydroxylation is 1. The third-order valence-electron chi connectivity index (χ3n) is 2.27. The van der Waals surface area contributed by atoms with Crippen molar-refractivity contribution in [2.24, 2.45) is 0 Å². The highest BCUT2D eigenvalue weighted by molar-refractivity contribution is 6.34. The fourth-order valence-corrected chi connectivity index (χ4v) is 1.63. The molecule has 0 saturated carbocycles. The molecule has 1 aromatic carbocycles. The van der Waals surface area contributed by atoms with E-state index in [4.69, 9.17) is 11.6 Å². The largest absolute Gasteiger partial charge is 0.322 e. The van der Waals surface area contributed by atoms with Crippen LogP contribution in [0.1, 0.15) is 16.1 Å². The number of rotatable bonds is 2. The number of nitrogens with zero attached hydrogens (tertiary/aromatic N) is 1. The first-order valence-corrected chi connectivity index (χ1v) is 5.53. The molecule has 2 rings (SSSR count). The van der Waals surface area contributed by atoms with Gasteiger partial charge in [0.25, 0.3) is 5.91 Å². The Morgan fingerprint density at radius 1 is 1.29 bits per heavy atom. The minimum Gasteiger partial charge on any atom is -0.322 e. The molecule has 0 fully saturated rings. The monoisotopic (exact) mass is 246 g/mol. The van der Waals surface area contributed by atoms with Gasteiger partial charge in [0.1, 0.15) is 0 Å². The van der Waals surface area contributed by atoms with Crippen LogP contribution in [-0.2, 0) is 0 Å². The summed E-state index contributed by atoms with van der Waals surface area (Å²) >= 11 is 5.93. The van der Waals surface area contributed by atoms with Gasteiger partial charge in [-0.2, -0.15) is 0 Å². The van der Waals surface area contributed by atoms with Gasteiger partial charge in [0.2, 0.25) is 0 Å². The molecule has 86 valence electrons. The second-order valence-corrected chi connectivity index (χ2v) is 4.03. The van der Waals surface area contributed by atoms with Crippen molar-refractivity contribution in [2.45, 2.75) is 6.92 Å². The number of amides is 1. The maximum absolute atomic E-state index is 12.0. The highest BCUT2D eigenvalue weighted by Gasteiger charge is 2.11. The van der Waals surface area contributed by atoms with Crippen molar-refractivity contribution in [3.05, 3.63) is 58.9 Å². The fraction of sp³-hybridized carbons (Fsp3) is 0.0769. The number of anilines is 1. The Hall–Kier alpha value is -1.87. The summed E-state index contributed by atoms with van der Waals surface area (Å²) in [5, 5.41) is 3.13. The lowest BCUT2D eigenvalue weighted by Gasteiger charge is -2.06. The molecule has 0 saturated heterocycles. The van der Waals surface area contributed by atoms with Gasteiger partial charge < -0.3 is 5.32 Å². The van der Waals surface area contributed by atoms with E-state index in [0.29, 0.717) is 10.6 Å². The van der Waals surface area contributed by atoms with Gasteiger partial charge in [-0.1, -0.05) is 29.8 Å². The minimum atomic E-state index is -0.230. The molecule has 1 N–H and O–H groups in total. The lowest BCUT2D eigenvalue weighted by molar-refractivity contribution is 0.102. The summed E-state index contributed by atoms with van der Waals surface area (Å²) in [6.07, 6.45) is 1.48. The molecule has 17 heavy (non-hydrogen) atoms. The third-order valence-corrected chi connectivity index (χ3v) is 2.57. The highest BCUT2D eigenvalue weighted by Crippen LogP contribution is 2.17. The number of benzene rings is 1. The van der Waals surface area contributed by atoms with E-state index in [1.165, 1.54) is 6.20 Å². The topological polar surface area (TPSA) is 42.0 Å². The zero-order chi connectivity index (χ0) is 12.3. The minimum absolute atomic E-state index is 0.230. The number of aromatic nitrogens is 1. The Kier molecular flexibility index (Phi) is 3.40. The average molecular weight is 247 g/mol. The Balaban J connectivity index is 2.23. The maximum atomic E-state index is 12.0. The molecule has 2 aromatic rings. The normalized spacial score (nSPS) is 10.0. The van der Waals surface area contributed by atoms with E-state index >= 15 is 0 Å². The standard InChI is InChI=1S/C13H11ClN2O/c1-9-7-11(12(14)8-15-9)13(17)16-10-5-3-2-4-6-10/h2-8H,1H3,(H,16,17). The predicted octanol–water partition coefficient (Wildman–Crippen LogP) is 3.30. The van der Waals surface area contributed by atoms with E-state index in [9.17, 15) is 4.79 Å². The molecule has 0 aliphatic heterocycles. The number of nitrogens with one attached hydrogen (secondary N) is 1. The summed E-state index contributed by atoms with van der Waals surface area (Å²) in [7, 11) is 0. The molecule has 1 aromatic heterocycles. The van der Waals surface area contributed by atoms with Crippen molar-refractivity contribution >= 4 is 23.2 Å². The molecular formula is C13H11ClN2O. The Labute approximate surface area is 104 Å². The number of hydrogen-bond acceptors (Lipinski definition) is 2. The number of hydrogen-bond donors (Lipinski definition) is 1. The van der Waals surface area contributed by atoms with Crippen molar-refractivity contribution in [3.63, 3.8) is 0 Å². The summed E-state index contributed by atoms with van der Waals surface area (Å²) in [5.41, 5.74) is 1.93. The van der Waals surface area contributed by atoms with Crippen LogP contribution in [0.4, 0.5) is 5.69 Å². The predicted molar refractivity (Wildman–Crippen MR) is 68.4 cm³/mol. The number of para-hydroxylation sites is 1. The van der Waals surface area contributed by atoms with Crippen LogP contribution in [0.15, 0.2) is 42.6 Å². The van der Waals surface area contributed by atoms with Gasteiger partial charge in [0.15, 0.2) is 0 Å². The summed E-state index contributed by atoms with van der Waals surface area (Å²) in [5.74, 6) is -0.230. The van der Waals surface area contributed by atoms with E-state index in [2.05, 4.69) is 10.3 Å². The molecular weight excluding hydrogens is 236 g/mol. The van der Waals surface area contributed by atoms with Crippen LogP contribution in [0.25, 0.3) is 0 Å². The van der Waals surface area contributed by atoms with Gasteiger partial charge in [0, 0.05) is 17.6 Å². The number of pyridine rings is 1. The first-order valence-electron chi connectivity index (χ1n) is 5.15. The van der Waals surface area contributed by atoms with Crippen LogP contribution >= 0.6 is 11.6 Å². The van der Waals surface area contributed by atoms with Gasteiger partial charge in [-0.15, -0.1) is 0 Å². The maximum Gasteiger partial charge on any atom is 0.257 e. The first kappa shape index (κ1) is 11.6. The highest BCUT2D eigenvalue weighted by atomic mass is 35.5. The van der Waals surface area contributed by atoms with Gasteiger partial charge in [-0.25, -0.2) is 0 Å². The quantitative estimate of drug-likeness (QED) is 0.884. The van der Waals surface area contributed by atoms with Crippen molar-refractivity contribution in [3.8, 4) is 0 Å². The van der Waals surface area contributed by atoms with E-state index < -0.39 is 0 Å². The second kappa shape index (κ2) is 4.97. The first-order chi connectivity index (χ1) is 8.16. The Morgan fingerprint density at radius 2 is 2.00 bits per heavy atom. The fourth-order valence-electron chi connectivity index (χ4n) is 1.44. The summed E-state index contributed by atoms with van der Waals surface area (Å²) in [4.78, 5) is 16.0. The van der Waals surface area contributed by atoms with Crippen LogP contribution < -0.4 is 5.32 Å². The molecule has 3 nitrogen and oxygen atoms in total. The number of halogens is 1. The zero-order valence-electron chi connectivity index (χ0n) is 9.27. The molecule has 0 radical (unpaired) electrons. The van der Waals surface area contributed by atoms with E-state index in [0.717, 1.165) is 11.4 Å². The zero-order valence-corrected chi connectivity index (χ0v) is 10.0. The van der Waals surface area contributed by atoms with E-state index in [-0.39, 0.29) is 5.91 Å². The summed E-state index contributed by atoms with van der Waals surface area (Å²) < 4.78 is 0. The van der Waals surface area contributed by atoms with E-state index in [1.807, 2.05) is 37.3 Å². The van der Waals surface area contributed by atoms with Crippen LogP contribution in [0.5, 0.6) is 0 Å². The van der Waals surface area contributed by atoms with E-state index in [1.54, 1.807) is 6.07 Å². The molecule has 0 unspecified atom stereocenters. The molecule has 4 heteroatoms. The third kappa shape index (κ3) is 2.82. The Morgan fingerprint density at radius 3 is 2.71 bits per heavy atom. The summed E-state index contributed by atoms with van der Waals surface area (Å²) in [6.45, 7) is 1.82. The lowest BCUT2D eigenvalue weighted by Crippen LogP contribution is -2.12. The Bertz CT molecular complexity index is 540. The van der Waals surface area contributed by atoms with Gasteiger partial charge >= 0.3 is 0 Å². The number of carbonyl (C=O) groups is 1. The molecule has 1 heterocycles. The van der Waals surface area contributed by atoms with Crippen LogP contribution in [0.3, 0.4) is 0 Å². The molecule has 0 bridgehead atoms. The SMILES string of the molecule is Cc1cc(C(=O)Nc2ccccc2)c(Cl)cn1.